The van der Waals surface area contributed by atoms with Crippen LogP contribution in [0.15, 0.2) is 30.7 Å². The van der Waals surface area contributed by atoms with Crippen molar-refractivity contribution in [2.75, 3.05) is 0 Å². The summed E-state index contributed by atoms with van der Waals surface area (Å²) in [6, 6.07) is 3.79. The number of hydrogen-bond acceptors (Lipinski definition) is 5. The number of hydrogen-bond donors (Lipinski definition) is 1. The van der Waals surface area contributed by atoms with E-state index in [1.165, 1.54) is 11.5 Å². The second kappa shape index (κ2) is 4.26. The maximum Gasteiger partial charge on any atom is 0.0954 e. The lowest BCUT2D eigenvalue weighted by Gasteiger charge is -2.05. The first-order valence-electron chi connectivity index (χ1n) is 4.20. The fourth-order valence-corrected chi connectivity index (χ4v) is 1.65. The molecule has 4 nitrogen and oxygen atoms in total. The molecule has 2 aromatic rings. The van der Waals surface area contributed by atoms with E-state index < -0.39 is 6.10 Å². The number of aliphatic hydroxyl groups is 1. The zero-order valence-corrected chi connectivity index (χ0v) is 8.18. The Morgan fingerprint density at radius 1 is 1.43 bits per heavy atom. The van der Waals surface area contributed by atoms with Crippen LogP contribution in [0.5, 0.6) is 0 Å². The first-order valence-corrected chi connectivity index (χ1v) is 4.98. The molecule has 0 aliphatic rings. The van der Waals surface area contributed by atoms with Crippen LogP contribution in [0.4, 0.5) is 0 Å². The van der Waals surface area contributed by atoms with E-state index in [9.17, 15) is 5.11 Å². The number of rotatable bonds is 3. The van der Waals surface area contributed by atoms with Gasteiger partial charge in [-0.1, -0.05) is 10.6 Å². The Balaban J connectivity index is 2.06. The standard InChI is InChI=1S/C9H9N3OS/c13-8(9-6-11-12-14-9)4-7-2-1-3-10-5-7/h1-3,5-6,8,13H,4H2. The second-order valence-electron chi connectivity index (χ2n) is 2.90. The SMILES string of the molecule is OC(Cc1cccnc1)c1cnns1. The maximum atomic E-state index is 9.77. The van der Waals surface area contributed by atoms with Crippen molar-refractivity contribution in [3.05, 3.63) is 41.2 Å². The van der Waals surface area contributed by atoms with Crippen LogP contribution in [0.25, 0.3) is 0 Å². The molecule has 1 unspecified atom stereocenters. The van der Waals surface area contributed by atoms with Gasteiger partial charge in [-0.15, -0.1) is 5.10 Å². The average Bonchev–Trinajstić information content (AvgIpc) is 2.72. The van der Waals surface area contributed by atoms with E-state index >= 15 is 0 Å². The van der Waals surface area contributed by atoms with Gasteiger partial charge in [-0.3, -0.25) is 4.98 Å². The fraction of sp³-hybridized carbons (Fsp3) is 0.222. The minimum absolute atomic E-state index is 0.529. The van der Waals surface area contributed by atoms with Crippen LogP contribution >= 0.6 is 11.5 Å². The van der Waals surface area contributed by atoms with Crippen molar-refractivity contribution in [3.8, 4) is 0 Å². The van der Waals surface area contributed by atoms with Gasteiger partial charge in [0.1, 0.15) is 0 Å². The van der Waals surface area contributed by atoms with Gasteiger partial charge < -0.3 is 5.11 Å². The normalized spacial score (nSPS) is 12.6. The summed E-state index contributed by atoms with van der Waals surface area (Å²) in [4.78, 5) is 4.77. The molecule has 0 amide bonds. The van der Waals surface area contributed by atoms with Crippen LogP contribution in [-0.2, 0) is 6.42 Å². The maximum absolute atomic E-state index is 9.77. The average molecular weight is 207 g/mol. The molecule has 0 aromatic carbocycles. The van der Waals surface area contributed by atoms with Crippen LogP contribution in [0.1, 0.15) is 16.5 Å². The molecule has 0 spiro atoms. The lowest BCUT2D eigenvalue weighted by Crippen LogP contribution is -1.99. The molecule has 1 atom stereocenters. The second-order valence-corrected chi connectivity index (χ2v) is 3.72. The zero-order valence-electron chi connectivity index (χ0n) is 7.37. The Hall–Kier alpha value is -1.33. The largest absolute Gasteiger partial charge is 0.387 e. The van der Waals surface area contributed by atoms with E-state index in [0.29, 0.717) is 6.42 Å². The van der Waals surface area contributed by atoms with Crippen molar-refractivity contribution in [3.63, 3.8) is 0 Å². The summed E-state index contributed by atoms with van der Waals surface area (Å²) in [5.74, 6) is 0. The Kier molecular flexibility index (Phi) is 2.81. The number of aliphatic hydroxyl groups excluding tert-OH is 1. The van der Waals surface area contributed by atoms with Gasteiger partial charge in [-0.05, 0) is 23.2 Å². The van der Waals surface area contributed by atoms with Gasteiger partial charge in [-0.25, -0.2) is 0 Å². The van der Waals surface area contributed by atoms with E-state index in [2.05, 4.69) is 14.6 Å². The molecule has 0 aliphatic carbocycles. The van der Waals surface area contributed by atoms with Gasteiger partial charge in [0.15, 0.2) is 0 Å². The number of pyridine rings is 1. The van der Waals surface area contributed by atoms with Crippen LogP contribution in [0.2, 0.25) is 0 Å². The van der Waals surface area contributed by atoms with E-state index in [0.717, 1.165) is 10.4 Å². The molecule has 0 radical (unpaired) electrons. The third-order valence-electron chi connectivity index (χ3n) is 1.86. The monoisotopic (exact) mass is 207 g/mol. The predicted molar refractivity (Wildman–Crippen MR) is 52.8 cm³/mol. The molecule has 14 heavy (non-hydrogen) atoms. The van der Waals surface area contributed by atoms with Crippen molar-refractivity contribution in [1.29, 1.82) is 0 Å². The summed E-state index contributed by atoms with van der Waals surface area (Å²) in [7, 11) is 0. The topological polar surface area (TPSA) is 58.9 Å². The molecule has 0 saturated heterocycles. The molecule has 1 N–H and O–H groups in total. The zero-order chi connectivity index (χ0) is 9.80. The molecule has 0 fully saturated rings. The smallest absolute Gasteiger partial charge is 0.0954 e. The minimum atomic E-state index is -0.529. The van der Waals surface area contributed by atoms with Crippen molar-refractivity contribution in [2.24, 2.45) is 0 Å². The van der Waals surface area contributed by atoms with Gasteiger partial charge in [0.25, 0.3) is 0 Å². The summed E-state index contributed by atoms with van der Waals surface area (Å²) >= 11 is 1.22. The van der Waals surface area contributed by atoms with E-state index in [1.807, 2.05) is 12.1 Å². The Morgan fingerprint density at radius 3 is 3.00 bits per heavy atom. The fourth-order valence-electron chi connectivity index (χ4n) is 1.16. The highest BCUT2D eigenvalue weighted by Gasteiger charge is 2.10. The highest BCUT2D eigenvalue weighted by Crippen LogP contribution is 2.19. The van der Waals surface area contributed by atoms with Gasteiger partial charge in [0, 0.05) is 18.8 Å². The molecule has 0 bridgehead atoms. The van der Waals surface area contributed by atoms with Crippen LogP contribution in [0.3, 0.4) is 0 Å². The molecule has 5 heteroatoms. The molecule has 0 aliphatic heterocycles. The van der Waals surface area contributed by atoms with E-state index in [-0.39, 0.29) is 0 Å². The first-order chi connectivity index (χ1) is 6.86. The highest BCUT2D eigenvalue weighted by molar-refractivity contribution is 7.05. The van der Waals surface area contributed by atoms with Crippen molar-refractivity contribution in [2.45, 2.75) is 12.5 Å². The summed E-state index contributed by atoms with van der Waals surface area (Å²) in [5.41, 5.74) is 1.01. The Labute approximate surface area is 85.4 Å². The summed E-state index contributed by atoms with van der Waals surface area (Å²) in [6.45, 7) is 0. The Morgan fingerprint density at radius 2 is 2.36 bits per heavy atom. The lowest BCUT2D eigenvalue weighted by atomic mass is 10.1. The highest BCUT2D eigenvalue weighted by atomic mass is 32.1. The summed E-state index contributed by atoms with van der Waals surface area (Å²) in [5, 5.41) is 13.4. The molecular weight excluding hydrogens is 198 g/mol. The third kappa shape index (κ3) is 2.12. The number of aromatic nitrogens is 3. The van der Waals surface area contributed by atoms with Crippen LogP contribution in [-0.4, -0.2) is 19.7 Å². The Bertz CT molecular complexity index is 376. The molecule has 2 aromatic heterocycles. The van der Waals surface area contributed by atoms with E-state index in [4.69, 9.17) is 0 Å². The molecular formula is C9H9N3OS. The van der Waals surface area contributed by atoms with Crippen molar-refractivity contribution < 1.29 is 5.11 Å². The van der Waals surface area contributed by atoms with Gasteiger partial charge in [0.2, 0.25) is 0 Å². The summed E-state index contributed by atoms with van der Waals surface area (Å²) in [6.07, 6.45) is 5.07. The lowest BCUT2D eigenvalue weighted by molar-refractivity contribution is 0.182. The van der Waals surface area contributed by atoms with Gasteiger partial charge in [0.05, 0.1) is 17.2 Å². The quantitative estimate of drug-likeness (QED) is 0.821. The molecule has 2 rings (SSSR count). The van der Waals surface area contributed by atoms with Crippen molar-refractivity contribution in [1.82, 2.24) is 14.6 Å². The number of nitrogens with zero attached hydrogens (tertiary/aromatic N) is 3. The minimum Gasteiger partial charge on any atom is -0.387 e. The van der Waals surface area contributed by atoms with Crippen LogP contribution < -0.4 is 0 Å². The van der Waals surface area contributed by atoms with Crippen LogP contribution in [0, 0.1) is 0 Å². The molecule has 72 valence electrons. The third-order valence-corrected chi connectivity index (χ3v) is 2.62. The van der Waals surface area contributed by atoms with E-state index in [1.54, 1.807) is 18.6 Å². The summed E-state index contributed by atoms with van der Waals surface area (Å²) < 4.78 is 3.70. The van der Waals surface area contributed by atoms with Crippen molar-refractivity contribution >= 4 is 11.5 Å². The van der Waals surface area contributed by atoms with Gasteiger partial charge >= 0.3 is 0 Å². The molecule has 2 heterocycles. The first kappa shape index (κ1) is 9.23. The van der Waals surface area contributed by atoms with Gasteiger partial charge in [-0.2, -0.15) is 0 Å². The predicted octanol–water partition coefficient (Wildman–Crippen LogP) is 1.21. The molecule has 0 saturated carbocycles.